The molecule has 2 nitrogen and oxygen atoms in total. The van der Waals surface area contributed by atoms with E-state index in [9.17, 15) is 0 Å². The smallest absolute Gasteiger partial charge is 0.146 e. The van der Waals surface area contributed by atoms with E-state index >= 15 is 0 Å². The van der Waals surface area contributed by atoms with Gasteiger partial charge in [0.15, 0.2) is 0 Å². The topological polar surface area (TPSA) is 17.8 Å². The van der Waals surface area contributed by atoms with Crippen LogP contribution in [0.3, 0.4) is 0 Å². The highest BCUT2D eigenvalue weighted by Gasteiger charge is 2.18. The molecule has 0 N–H and O–H groups in total. The highest BCUT2D eigenvalue weighted by atomic mass is 32.1. The summed E-state index contributed by atoms with van der Waals surface area (Å²) in [5.74, 6) is 0.992. The van der Waals surface area contributed by atoms with Gasteiger partial charge in [-0.25, -0.2) is 4.98 Å². The molecule has 5 aromatic carbocycles. The van der Waals surface area contributed by atoms with Crippen LogP contribution in [0.25, 0.3) is 59.4 Å². The second-order valence-electron chi connectivity index (χ2n) is 9.10. The van der Waals surface area contributed by atoms with Crippen molar-refractivity contribution in [2.75, 3.05) is 0 Å². The van der Waals surface area contributed by atoms with Gasteiger partial charge in [0.05, 0.1) is 11.0 Å². The summed E-state index contributed by atoms with van der Waals surface area (Å²) in [5.41, 5.74) is 8.31. The molecule has 0 radical (unpaired) electrons. The Bertz CT molecular complexity index is 1880. The summed E-state index contributed by atoms with van der Waals surface area (Å²) >= 11 is 1.88. The van der Waals surface area contributed by atoms with Crippen molar-refractivity contribution in [3.63, 3.8) is 0 Å². The van der Waals surface area contributed by atoms with Crippen LogP contribution in [0, 0.1) is 0 Å². The zero-order valence-corrected chi connectivity index (χ0v) is 20.8. The highest BCUT2D eigenvalue weighted by Crippen LogP contribution is 2.41. The van der Waals surface area contributed by atoms with Crippen molar-refractivity contribution in [3.8, 4) is 28.2 Å². The number of aryl methyl sites for hydroxylation is 1. The first-order valence-electron chi connectivity index (χ1n) is 12.4. The van der Waals surface area contributed by atoms with Crippen molar-refractivity contribution >= 4 is 42.5 Å². The number of hydrogen-bond acceptors (Lipinski definition) is 2. The van der Waals surface area contributed by atoms with Crippen LogP contribution in [0.15, 0.2) is 115 Å². The second-order valence-corrected chi connectivity index (χ2v) is 10.2. The fourth-order valence-corrected chi connectivity index (χ4v) is 6.53. The van der Waals surface area contributed by atoms with Crippen molar-refractivity contribution in [2.24, 2.45) is 0 Å². The fourth-order valence-electron chi connectivity index (χ4n) is 5.29. The van der Waals surface area contributed by atoms with E-state index in [4.69, 9.17) is 4.98 Å². The molecule has 3 heteroatoms. The molecular formula is C33H24N2S. The van der Waals surface area contributed by atoms with Crippen molar-refractivity contribution in [2.45, 2.75) is 13.3 Å². The molecule has 0 unspecified atom stereocenters. The van der Waals surface area contributed by atoms with Gasteiger partial charge in [-0.3, -0.25) is 4.57 Å². The van der Waals surface area contributed by atoms with Crippen LogP contribution in [0.1, 0.15) is 12.5 Å². The molecule has 0 amide bonds. The summed E-state index contributed by atoms with van der Waals surface area (Å²) in [6.07, 6.45) is 0.934. The van der Waals surface area contributed by atoms with Gasteiger partial charge in [0.25, 0.3) is 0 Å². The Morgan fingerprint density at radius 3 is 2.36 bits per heavy atom. The summed E-state index contributed by atoms with van der Waals surface area (Å²) in [6, 6.07) is 41.2. The van der Waals surface area contributed by atoms with Crippen LogP contribution in [-0.4, -0.2) is 9.55 Å². The molecule has 2 heterocycles. The lowest BCUT2D eigenvalue weighted by Crippen LogP contribution is -2.00. The van der Waals surface area contributed by atoms with Gasteiger partial charge in [-0.05, 0) is 53.4 Å². The fraction of sp³-hybridized carbons (Fsp3) is 0.0606. The van der Waals surface area contributed by atoms with E-state index in [-0.39, 0.29) is 0 Å². The average Bonchev–Trinajstić information content (AvgIpc) is 3.52. The number of fused-ring (bicyclic) bond motifs is 4. The van der Waals surface area contributed by atoms with Gasteiger partial charge >= 0.3 is 0 Å². The van der Waals surface area contributed by atoms with Gasteiger partial charge in [0, 0.05) is 31.4 Å². The number of para-hydroxylation sites is 3. The normalized spacial score (nSPS) is 11.6. The van der Waals surface area contributed by atoms with Crippen LogP contribution in [-0.2, 0) is 6.42 Å². The Balaban J connectivity index is 1.44. The van der Waals surface area contributed by atoms with Crippen LogP contribution in [0.2, 0.25) is 0 Å². The number of imidazole rings is 1. The van der Waals surface area contributed by atoms with Gasteiger partial charge in [0.1, 0.15) is 5.82 Å². The SMILES string of the molecule is CCc1cc(-c2cccc3c2sc2ccccc23)ccc1-c1nc2ccccc2n1-c1ccccc1. The first-order valence-corrected chi connectivity index (χ1v) is 13.2. The van der Waals surface area contributed by atoms with E-state index < -0.39 is 0 Å². The summed E-state index contributed by atoms with van der Waals surface area (Å²) in [5, 5.41) is 2.67. The van der Waals surface area contributed by atoms with Gasteiger partial charge < -0.3 is 0 Å². The maximum absolute atomic E-state index is 5.11. The lowest BCUT2D eigenvalue weighted by molar-refractivity contribution is 1.07. The summed E-state index contributed by atoms with van der Waals surface area (Å²) < 4.78 is 4.98. The predicted molar refractivity (Wildman–Crippen MR) is 154 cm³/mol. The minimum absolute atomic E-state index is 0.934. The first-order chi connectivity index (χ1) is 17.8. The Morgan fingerprint density at radius 1 is 0.694 bits per heavy atom. The van der Waals surface area contributed by atoms with Gasteiger partial charge in [0.2, 0.25) is 0 Å². The molecule has 36 heavy (non-hydrogen) atoms. The molecule has 0 saturated heterocycles. The standard InChI is InChI=1S/C33H24N2S/c1-2-22-21-23(25-14-10-15-28-27-13-6-9-18-31(27)36-32(25)28)19-20-26(22)33-34-29-16-7-8-17-30(29)35(33)24-11-4-3-5-12-24/h3-21H,2H2,1H3. The Morgan fingerprint density at radius 2 is 1.47 bits per heavy atom. The van der Waals surface area contributed by atoms with Crippen molar-refractivity contribution < 1.29 is 0 Å². The molecule has 0 saturated carbocycles. The molecule has 0 aliphatic carbocycles. The number of hydrogen-bond donors (Lipinski definition) is 0. The van der Waals surface area contributed by atoms with Crippen LogP contribution in [0.5, 0.6) is 0 Å². The lowest BCUT2D eigenvalue weighted by atomic mass is 9.96. The maximum atomic E-state index is 5.11. The third kappa shape index (κ3) is 3.28. The molecule has 7 rings (SSSR count). The van der Waals surface area contributed by atoms with E-state index in [1.54, 1.807) is 0 Å². The summed E-state index contributed by atoms with van der Waals surface area (Å²) in [6.45, 7) is 2.23. The van der Waals surface area contributed by atoms with E-state index in [1.807, 2.05) is 11.3 Å². The second kappa shape index (κ2) is 8.47. The zero-order chi connectivity index (χ0) is 24.1. The van der Waals surface area contributed by atoms with E-state index in [0.717, 1.165) is 29.0 Å². The van der Waals surface area contributed by atoms with Crippen LogP contribution >= 0.6 is 11.3 Å². The molecule has 2 aromatic heterocycles. The Labute approximate surface area is 214 Å². The van der Waals surface area contributed by atoms with Crippen molar-refractivity contribution in [1.29, 1.82) is 0 Å². The molecule has 172 valence electrons. The lowest BCUT2D eigenvalue weighted by Gasteiger charge is -2.14. The molecule has 0 aliphatic rings. The molecule has 7 aromatic rings. The van der Waals surface area contributed by atoms with Gasteiger partial charge in [-0.2, -0.15) is 0 Å². The largest absolute Gasteiger partial charge is 0.292 e. The molecular weight excluding hydrogens is 456 g/mol. The van der Waals surface area contributed by atoms with Gasteiger partial charge in [-0.15, -0.1) is 11.3 Å². The minimum Gasteiger partial charge on any atom is -0.292 e. The summed E-state index contributed by atoms with van der Waals surface area (Å²) in [7, 11) is 0. The molecule has 0 spiro atoms. The summed E-state index contributed by atoms with van der Waals surface area (Å²) in [4.78, 5) is 5.11. The third-order valence-electron chi connectivity index (χ3n) is 7.02. The Kier molecular flexibility index (Phi) is 4.97. The number of aromatic nitrogens is 2. The van der Waals surface area contributed by atoms with E-state index in [1.165, 1.54) is 42.4 Å². The zero-order valence-electron chi connectivity index (χ0n) is 20.0. The monoisotopic (exact) mass is 480 g/mol. The van der Waals surface area contributed by atoms with Crippen molar-refractivity contribution in [3.05, 3.63) is 121 Å². The van der Waals surface area contributed by atoms with E-state index in [2.05, 4.69) is 127 Å². The van der Waals surface area contributed by atoms with Gasteiger partial charge in [-0.1, -0.05) is 91.9 Å². The first kappa shape index (κ1) is 21.1. The van der Waals surface area contributed by atoms with E-state index in [0.29, 0.717) is 0 Å². The molecule has 0 atom stereocenters. The van der Waals surface area contributed by atoms with Crippen molar-refractivity contribution in [1.82, 2.24) is 9.55 Å². The minimum atomic E-state index is 0.934. The highest BCUT2D eigenvalue weighted by molar-refractivity contribution is 7.26. The predicted octanol–water partition coefficient (Wildman–Crippen LogP) is 9.29. The maximum Gasteiger partial charge on any atom is 0.146 e. The van der Waals surface area contributed by atoms with Crippen LogP contribution in [0.4, 0.5) is 0 Å². The number of rotatable bonds is 4. The molecule has 0 bridgehead atoms. The third-order valence-corrected chi connectivity index (χ3v) is 8.24. The number of nitrogens with zero attached hydrogens (tertiary/aromatic N) is 2. The average molecular weight is 481 g/mol. The number of benzene rings is 5. The molecule has 0 fully saturated rings. The van der Waals surface area contributed by atoms with Crippen LogP contribution < -0.4 is 0 Å². The molecule has 0 aliphatic heterocycles. The quantitative estimate of drug-likeness (QED) is 0.245. The Hall–Kier alpha value is -4.21. The number of thiophene rings is 1.